The lowest BCUT2D eigenvalue weighted by atomic mass is 9.80. The Morgan fingerprint density at radius 2 is 1.96 bits per heavy atom. The van der Waals surface area contributed by atoms with Gasteiger partial charge in [0.1, 0.15) is 6.10 Å². The molecule has 1 saturated heterocycles. The van der Waals surface area contributed by atoms with Crippen LogP contribution in [-0.2, 0) is 28.9 Å². The zero-order valence-electron chi connectivity index (χ0n) is 13.0. The van der Waals surface area contributed by atoms with E-state index >= 15 is 0 Å². The molecule has 8 heteroatoms. The number of carbonyl (C=O) groups is 2. The molecule has 1 fully saturated rings. The molecule has 0 unspecified atom stereocenters. The van der Waals surface area contributed by atoms with Gasteiger partial charge in [0, 0.05) is 17.4 Å². The monoisotopic (exact) mass is 342 g/mol. The molecular weight excluding hydrogens is 324 g/mol. The molecule has 7 nitrogen and oxygen atoms in total. The molecule has 23 heavy (non-hydrogen) atoms. The summed E-state index contributed by atoms with van der Waals surface area (Å²) in [6.45, 7) is 5.17. The third kappa shape index (κ3) is 2.64. The minimum Gasteiger partial charge on any atom is -0.461 e. The van der Waals surface area contributed by atoms with Gasteiger partial charge in [0.25, 0.3) is 0 Å². The fraction of sp³-hybridized carbons (Fsp3) is 0.600. The van der Waals surface area contributed by atoms with Crippen LogP contribution in [0, 0.1) is 17.8 Å². The van der Waals surface area contributed by atoms with Crippen molar-refractivity contribution < 1.29 is 31.5 Å². The van der Waals surface area contributed by atoms with Crippen LogP contribution < -0.4 is 0 Å². The van der Waals surface area contributed by atoms with E-state index in [9.17, 15) is 18.0 Å². The van der Waals surface area contributed by atoms with Gasteiger partial charge >= 0.3 is 16.4 Å². The zero-order chi connectivity index (χ0) is 17.1. The van der Waals surface area contributed by atoms with E-state index in [-0.39, 0.29) is 18.1 Å². The van der Waals surface area contributed by atoms with Crippen LogP contribution in [0.5, 0.6) is 0 Å². The normalized spacial score (nSPS) is 37.2. The Bertz CT molecular complexity index is 746. The lowest BCUT2D eigenvalue weighted by Crippen LogP contribution is -2.37. The number of carbonyl (C=O) groups excluding carboxylic acids is 2. The maximum absolute atomic E-state index is 12.2. The SMILES string of the molecule is CC1=CC(=O)C2=C(C)C[C@H](OS(=O)(=O)O)[C@@H]3[C@H](OC(=O)[C@H]3C)[C@@H]12. The van der Waals surface area contributed by atoms with Gasteiger partial charge in [-0.2, -0.15) is 8.42 Å². The molecule has 3 aliphatic rings. The summed E-state index contributed by atoms with van der Waals surface area (Å²) in [5, 5.41) is 0. The predicted octanol–water partition coefficient (Wildman–Crippen LogP) is 1.22. The predicted molar refractivity (Wildman–Crippen MR) is 78.5 cm³/mol. The summed E-state index contributed by atoms with van der Waals surface area (Å²) in [5.74, 6) is -2.11. The van der Waals surface area contributed by atoms with Crippen LogP contribution in [0.3, 0.4) is 0 Å². The minimum absolute atomic E-state index is 0.140. The van der Waals surface area contributed by atoms with Crippen LogP contribution >= 0.6 is 0 Å². The first kappa shape index (κ1) is 16.4. The van der Waals surface area contributed by atoms with Gasteiger partial charge in [-0.15, -0.1) is 0 Å². The Balaban J connectivity index is 2.10. The molecule has 1 aliphatic heterocycles. The van der Waals surface area contributed by atoms with Gasteiger partial charge in [-0.1, -0.05) is 18.1 Å². The maximum atomic E-state index is 12.2. The van der Waals surface area contributed by atoms with E-state index in [0.717, 1.165) is 5.57 Å². The Labute approximate surface area is 134 Å². The molecule has 0 spiro atoms. The minimum atomic E-state index is -4.68. The Morgan fingerprint density at radius 3 is 2.57 bits per heavy atom. The highest BCUT2D eigenvalue weighted by atomic mass is 32.3. The number of allylic oxidation sites excluding steroid dienone is 1. The van der Waals surface area contributed by atoms with Crippen molar-refractivity contribution in [3.8, 4) is 0 Å². The molecule has 1 heterocycles. The third-order valence-electron chi connectivity index (χ3n) is 4.98. The summed E-state index contributed by atoms with van der Waals surface area (Å²) < 4.78 is 41.7. The molecular formula is C15H18O7S. The Hall–Kier alpha value is -1.51. The summed E-state index contributed by atoms with van der Waals surface area (Å²) in [6, 6.07) is 0. The Morgan fingerprint density at radius 1 is 1.30 bits per heavy atom. The van der Waals surface area contributed by atoms with Crippen molar-refractivity contribution >= 4 is 22.2 Å². The van der Waals surface area contributed by atoms with E-state index in [0.29, 0.717) is 11.1 Å². The van der Waals surface area contributed by atoms with Gasteiger partial charge in [0.2, 0.25) is 0 Å². The van der Waals surface area contributed by atoms with Crippen LogP contribution in [0.1, 0.15) is 27.2 Å². The fourth-order valence-electron chi connectivity index (χ4n) is 4.04. The van der Waals surface area contributed by atoms with Crippen LogP contribution in [-0.4, -0.2) is 36.9 Å². The molecule has 0 aromatic rings. The van der Waals surface area contributed by atoms with E-state index in [1.54, 1.807) is 20.8 Å². The highest BCUT2D eigenvalue weighted by Gasteiger charge is 2.55. The highest BCUT2D eigenvalue weighted by Crippen LogP contribution is 2.48. The summed E-state index contributed by atoms with van der Waals surface area (Å²) in [6.07, 6.45) is 0.0525. The van der Waals surface area contributed by atoms with Crippen LogP contribution in [0.25, 0.3) is 0 Å². The Kier molecular flexibility index (Phi) is 3.74. The molecule has 0 aromatic carbocycles. The second-order valence-corrected chi connectivity index (χ2v) is 7.51. The maximum Gasteiger partial charge on any atom is 0.397 e. The molecule has 0 aromatic heterocycles. The van der Waals surface area contributed by atoms with Gasteiger partial charge in [-0.3, -0.25) is 14.1 Å². The number of ketones is 1. The van der Waals surface area contributed by atoms with Gasteiger partial charge in [0.15, 0.2) is 5.78 Å². The second-order valence-electron chi connectivity index (χ2n) is 6.46. The molecule has 0 saturated carbocycles. The third-order valence-corrected chi connectivity index (χ3v) is 5.47. The van der Waals surface area contributed by atoms with E-state index in [2.05, 4.69) is 0 Å². The van der Waals surface area contributed by atoms with Crippen molar-refractivity contribution in [3.63, 3.8) is 0 Å². The summed E-state index contributed by atoms with van der Waals surface area (Å²) >= 11 is 0. The summed E-state index contributed by atoms with van der Waals surface area (Å²) in [5.41, 5.74) is 2.02. The largest absolute Gasteiger partial charge is 0.461 e. The average Bonchev–Trinajstić information content (AvgIpc) is 2.79. The zero-order valence-corrected chi connectivity index (χ0v) is 13.8. The molecule has 1 N–H and O–H groups in total. The first-order valence-electron chi connectivity index (χ1n) is 7.38. The first-order chi connectivity index (χ1) is 10.6. The number of rotatable bonds is 2. The second kappa shape index (κ2) is 5.25. The van der Waals surface area contributed by atoms with Crippen molar-refractivity contribution in [2.45, 2.75) is 39.4 Å². The quantitative estimate of drug-likeness (QED) is 0.594. The van der Waals surface area contributed by atoms with Gasteiger partial charge in [-0.25, -0.2) is 4.18 Å². The van der Waals surface area contributed by atoms with E-state index in [1.165, 1.54) is 6.08 Å². The number of ether oxygens (including phenoxy) is 1. The standard InChI is InChI=1S/C15H18O7S/c1-6-4-9(16)11-7(2)5-10(22-23(18,19)20)13-8(3)15(17)21-14(13)12(6)11/h4,8,10,12-14H,5H2,1-3H3,(H,18,19,20)/t8-,10-,12-,13+,14+/m0/s1. The van der Waals surface area contributed by atoms with Crippen LogP contribution in [0.4, 0.5) is 0 Å². The number of esters is 1. The van der Waals surface area contributed by atoms with E-state index in [1.807, 2.05) is 0 Å². The molecule has 2 aliphatic carbocycles. The van der Waals surface area contributed by atoms with Gasteiger partial charge in [-0.05, 0) is 26.3 Å². The molecule has 0 bridgehead atoms. The first-order valence-corrected chi connectivity index (χ1v) is 8.75. The number of hydrogen-bond donors (Lipinski definition) is 1. The average molecular weight is 342 g/mol. The van der Waals surface area contributed by atoms with Crippen molar-refractivity contribution in [1.29, 1.82) is 0 Å². The van der Waals surface area contributed by atoms with Gasteiger partial charge < -0.3 is 4.74 Å². The lowest BCUT2D eigenvalue weighted by molar-refractivity contribution is -0.144. The molecule has 3 rings (SSSR count). The molecule has 0 amide bonds. The lowest BCUT2D eigenvalue weighted by Gasteiger charge is -2.28. The van der Waals surface area contributed by atoms with Crippen molar-refractivity contribution in [1.82, 2.24) is 0 Å². The van der Waals surface area contributed by atoms with E-state index < -0.39 is 40.4 Å². The van der Waals surface area contributed by atoms with Crippen LogP contribution in [0.15, 0.2) is 22.8 Å². The highest BCUT2D eigenvalue weighted by molar-refractivity contribution is 7.80. The topological polar surface area (TPSA) is 107 Å². The van der Waals surface area contributed by atoms with Crippen molar-refractivity contribution in [2.75, 3.05) is 0 Å². The summed E-state index contributed by atoms with van der Waals surface area (Å²) in [7, 11) is -4.68. The fourth-order valence-corrected chi connectivity index (χ4v) is 4.55. The number of hydrogen-bond acceptors (Lipinski definition) is 6. The van der Waals surface area contributed by atoms with Crippen molar-refractivity contribution in [3.05, 3.63) is 22.8 Å². The van der Waals surface area contributed by atoms with Crippen LogP contribution in [0.2, 0.25) is 0 Å². The molecule has 126 valence electrons. The summed E-state index contributed by atoms with van der Waals surface area (Å²) in [4.78, 5) is 24.3. The van der Waals surface area contributed by atoms with Crippen molar-refractivity contribution in [2.24, 2.45) is 17.8 Å². The smallest absolute Gasteiger partial charge is 0.397 e. The number of fused-ring (bicyclic) bond motifs is 3. The van der Waals surface area contributed by atoms with E-state index in [4.69, 9.17) is 13.5 Å². The molecule has 0 radical (unpaired) electrons. The molecule has 5 atom stereocenters. The van der Waals surface area contributed by atoms with Gasteiger partial charge in [0.05, 0.1) is 12.0 Å².